The SMILES string of the molecule is CCNC(=NCc1ccc(N2CCOCC2)c(F)c1)NCCCn1cccn1.I. The molecule has 0 unspecified atom stereocenters. The van der Waals surface area contributed by atoms with Crippen LogP contribution < -0.4 is 15.5 Å². The quantitative estimate of drug-likeness (QED) is 0.245. The highest BCUT2D eigenvalue weighted by Crippen LogP contribution is 2.21. The molecule has 29 heavy (non-hydrogen) atoms. The van der Waals surface area contributed by atoms with Gasteiger partial charge >= 0.3 is 0 Å². The maximum absolute atomic E-state index is 14.5. The third-order valence-corrected chi connectivity index (χ3v) is 4.54. The number of aryl methyl sites for hydroxylation is 1. The van der Waals surface area contributed by atoms with Gasteiger partial charge in [-0.15, -0.1) is 24.0 Å². The highest BCUT2D eigenvalue weighted by molar-refractivity contribution is 14.0. The zero-order valence-electron chi connectivity index (χ0n) is 16.8. The summed E-state index contributed by atoms with van der Waals surface area (Å²) in [6.07, 6.45) is 4.67. The molecule has 0 amide bonds. The minimum absolute atomic E-state index is 0. The average molecular weight is 516 g/mol. The Kier molecular flexibility index (Phi) is 10.2. The third kappa shape index (κ3) is 7.46. The molecule has 3 rings (SSSR count). The Morgan fingerprint density at radius 3 is 2.79 bits per heavy atom. The Balaban J connectivity index is 0.00000300. The minimum Gasteiger partial charge on any atom is -0.378 e. The number of aliphatic imine (C=N–C) groups is 1. The molecule has 0 spiro atoms. The molecule has 0 bridgehead atoms. The van der Waals surface area contributed by atoms with Gasteiger partial charge in [-0.05, 0) is 37.1 Å². The van der Waals surface area contributed by atoms with Crippen molar-refractivity contribution in [3.63, 3.8) is 0 Å². The van der Waals surface area contributed by atoms with Crippen molar-refractivity contribution in [2.75, 3.05) is 44.3 Å². The molecule has 0 aliphatic carbocycles. The van der Waals surface area contributed by atoms with E-state index in [2.05, 4.69) is 20.7 Å². The molecule has 1 aliphatic rings. The second kappa shape index (κ2) is 12.6. The van der Waals surface area contributed by atoms with E-state index in [1.807, 2.05) is 40.9 Å². The van der Waals surface area contributed by atoms with Gasteiger partial charge in [0, 0.05) is 45.1 Å². The van der Waals surface area contributed by atoms with Gasteiger partial charge in [0.1, 0.15) is 5.82 Å². The van der Waals surface area contributed by atoms with Crippen LogP contribution in [-0.4, -0.2) is 55.1 Å². The van der Waals surface area contributed by atoms with E-state index >= 15 is 0 Å². The minimum atomic E-state index is -0.202. The summed E-state index contributed by atoms with van der Waals surface area (Å²) < 4.78 is 21.8. The average Bonchev–Trinajstić information content (AvgIpc) is 3.23. The smallest absolute Gasteiger partial charge is 0.191 e. The molecule has 1 aliphatic heterocycles. The van der Waals surface area contributed by atoms with Crippen LogP contribution in [0.2, 0.25) is 0 Å². The molecule has 0 atom stereocenters. The lowest BCUT2D eigenvalue weighted by atomic mass is 10.1. The predicted molar refractivity (Wildman–Crippen MR) is 125 cm³/mol. The Labute approximate surface area is 188 Å². The summed E-state index contributed by atoms with van der Waals surface area (Å²) >= 11 is 0. The molecule has 2 heterocycles. The molecule has 9 heteroatoms. The van der Waals surface area contributed by atoms with Crippen LogP contribution in [0.3, 0.4) is 0 Å². The van der Waals surface area contributed by atoms with Crippen LogP contribution in [0.4, 0.5) is 10.1 Å². The zero-order chi connectivity index (χ0) is 19.6. The van der Waals surface area contributed by atoms with E-state index in [-0.39, 0.29) is 29.8 Å². The number of morpholine rings is 1. The Bertz CT molecular complexity index is 749. The Hall–Kier alpha value is -1.88. The van der Waals surface area contributed by atoms with Crippen LogP contribution >= 0.6 is 24.0 Å². The van der Waals surface area contributed by atoms with Crippen molar-refractivity contribution in [1.29, 1.82) is 0 Å². The number of nitrogens with one attached hydrogen (secondary N) is 2. The number of anilines is 1. The van der Waals surface area contributed by atoms with Crippen LogP contribution in [0.15, 0.2) is 41.7 Å². The van der Waals surface area contributed by atoms with Crippen molar-refractivity contribution >= 4 is 35.6 Å². The molecule has 1 saturated heterocycles. The summed E-state index contributed by atoms with van der Waals surface area (Å²) in [5, 5.41) is 10.7. The van der Waals surface area contributed by atoms with Crippen molar-refractivity contribution in [2.45, 2.75) is 26.4 Å². The first-order valence-electron chi connectivity index (χ1n) is 9.87. The lowest BCUT2D eigenvalue weighted by Crippen LogP contribution is -2.38. The van der Waals surface area contributed by atoms with E-state index in [4.69, 9.17) is 4.74 Å². The second-order valence-corrected chi connectivity index (χ2v) is 6.63. The van der Waals surface area contributed by atoms with Gasteiger partial charge in [0.05, 0.1) is 25.4 Å². The van der Waals surface area contributed by atoms with Gasteiger partial charge in [-0.3, -0.25) is 4.68 Å². The Morgan fingerprint density at radius 1 is 1.28 bits per heavy atom. The van der Waals surface area contributed by atoms with Crippen LogP contribution in [-0.2, 0) is 17.8 Å². The number of aromatic nitrogens is 2. The van der Waals surface area contributed by atoms with E-state index < -0.39 is 0 Å². The monoisotopic (exact) mass is 516 g/mol. The molecule has 1 fully saturated rings. The summed E-state index contributed by atoms with van der Waals surface area (Å²) in [5.74, 6) is 0.535. The molecule has 0 saturated carbocycles. The topological polar surface area (TPSA) is 66.7 Å². The first-order chi connectivity index (χ1) is 13.8. The highest BCUT2D eigenvalue weighted by Gasteiger charge is 2.15. The molecular formula is C20H30FIN6O. The number of hydrogen-bond acceptors (Lipinski definition) is 4. The maximum Gasteiger partial charge on any atom is 0.191 e. The summed E-state index contributed by atoms with van der Waals surface area (Å²) in [6, 6.07) is 7.28. The predicted octanol–water partition coefficient (Wildman–Crippen LogP) is 2.62. The van der Waals surface area contributed by atoms with Crippen molar-refractivity contribution < 1.29 is 9.13 Å². The lowest BCUT2D eigenvalue weighted by molar-refractivity contribution is 0.122. The van der Waals surface area contributed by atoms with Gasteiger partial charge in [0.25, 0.3) is 0 Å². The third-order valence-electron chi connectivity index (χ3n) is 4.54. The largest absolute Gasteiger partial charge is 0.378 e. The number of guanidine groups is 1. The first kappa shape index (κ1) is 23.4. The van der Waals surface area contributed by atoms with E-state index in [1.165, 1.54) is 0 Å². The van der Waals surface area contributed by atoms with E-state index in [0.717, 1.165) is 50.7 Å². The molecule has 1 aromatic carbocycles. The fraction of sp³-hybridized carbons (Fsp3) is 0.500. The summed E-state index contributed by atoms with van der Waals surface area (Å²) in [7, 11) is 0. The summed E-state index contributed by atoms with van der Waals surface area (Å²) in [6.45, 7) is 7.60. The van der Waals surface area contributed by atoms with E-state index in [9.17, 15) is 4.39 Å². The molecular weight excluding hydrogens is 486 g/mol. The molecule has 0 radical (unpaired) electrons. The Morgan fingerprint density at radius 2 is 2.10 bits per heavy atom. The number of hydrogen-bond donors (Lipinski definition) is 2. The van der Waals surface area contributed by atoms with Crippen LogP contribution in [0.1, 0.15) is 18.9 Å². The zero-order valence-corrected chi connectivity index (χ0v) is 19.1. The second-order valence-electron chi connectivity index (χ2n) is 6.63. The fourth-order valence-electron chi connectivity index (χ4n) is 3.10. The summed E-state index contributed by atoms with van der Waals surface area (Å²) in [4.78, 5) is 6.60. The standard InChI is InChI=1S/C20H29FN6O.HI/c1-2-22-20(23-7-3-9-27-10-4-8-25-27)24-16-17-5-6-19(18(21)15-17)26-11-13-28-14-12-26;/h4-6,8,10,15H,2-3,7,9,11-14,16H2,1H3,(H2,22,23,24);1H. The van der Waals surface area contributed by atoms with Crippen molar-refractivity contribution in [1.82, 2.24) is 20.4 Å². The van der Waals surface area contributed by atoms with Crippen molar-refractivity contribution in [2.24, 2.45) is 4.99 Å². The number of rotatable bonds is 8. The number of ether oxygens (including phenoxy) is 1. The number of halogens is 2. The molecule has 160 valence electrons. The van der Waals surface area contributed by atoms with Gasteiger partial charge in [0.2, 0.25) is 0 Å². The van der Waals surface area contributed by atoms with Crippen LogP contribution in [0, 0.1) is 5.82 Å². The van der Waals surface area contributed by atoms with Gasteiger partial charge in [-0.2, -0.15) is 5.10 Å². The van der Waals surface area contributed by atoms with Gasteiger partial charge < -0.3 is 20.3 Å². The lowest BCUT2D eigenvalue weighted by Gasteiger charge is -2.29. The fourth-order valence-corrected chi connectivity index (χ4v) is 3.10. The van der Waals surface area contributed by atoms with E-state index in [0.29, 0.717) is 25.4 Å². The van der Waals surface area contributed by atoms with Gasteiger partial charge in [-0.25, -0.2) is 9.38 Å². The van der Waals surface area contributed by atoms with Crippen LogP contribution in [0.5, 0.6) is 0 Å². The number of nitrogens with zero attached hydrogens (tertiary/aromatic N) is 4. The van der Waals surface area contributed by atoms with Gasteiger partial charge in [-0.1, -0.05) is 6.07 Å². The first-order valence-corrected chi connectivity index (χ1v) is 9.87. The van der Waals surface area contributed by atoms with E-state index in [1.54, 1.807) is 12.3 Å². The van der Waals surface area contributed by atoms with Gasteiger partial charge in [0.15, 0.2) is 5.96 Å². The molecule has 7 nitrogen and oxygen atoms in total. The van der Waals surface area contributed by atoms with Crippen molar-refractivity contribution in [3.8, 4) is 0 Å². The molecule has 1 aromatic heterocycles. The molecule has 2 aromatic rings. The summed E-state index contributed by atoms with van der Waals surface area (Å²) in [5.41, 5.74) is 1.49. The van der Waals surface area contributed by atoms with Crippen molar-refractivity contribution in [3.05, 3.63) is 48.0 Å². The van der Waals surface area contributed by atoms with Crippen LogP contribution in [0.25, 0.3) is 0 Å². The maximum atomic E-state index is 14.5. The number of benzene rings is 1. The normalized spacial score (nSPS) is 14.4. The highest BCUT2D eigenvalue weighted by atomic mass is 127. The molecule has 2 N–H and O–H groups in total.